The summed E-state index contributed by atoms with van der Waals surface area (Å²) in [7, 11) is 0. The van der Waals surface area contributed by atoms with Crippen LogP contribution in [-0.4, -0.2) is 29.8 Å². The fraction of sp³-hybridized carbons (Fsp3) is 0.385. The lowest BCUT2D eigenvalue weighted by Gasteiger charge is -2.21. The van der Waals surface area contributed by atoms with Gasteiger partial charge in [0.2, 0.25) is 6.54 Å². The zero-order valence-corrected chi connectivity index (χ0v) is 10.8. The molecule has 0 amide bonds. The van der Waals surface area contributed by atoms with Crippen molar-refractivity contribution in [3.05, 3.63) is 46.0 Å². The van der Waals surface area contributed by atoms with Crippen molar-refractivity contribution in [1.29, 1.82) is 0 Å². The Balaban J connectivity index is 3.13. The van der Waals surface area contributed by atoms with Crippen molar-refractivity contribution in [2.45, 2.75) is 13.8 Å². The van der Waals surface area contributed by atoms with E-state index in [9.17, 15) is 19.7 Å². The van der Waals surface area contributed by atoms with E-state index in [0.29, 0.717) is 0 Å². The zero-order chi connectivity index (χ0) is 14.5. The number of rotatable bonds is 6. The third kappa shape index (κ3) is 3.37. The first-order chi connectivity index (χ1) is 8.91. The first-order valence-electron chi connectivity index (χ1n) is 5.80. The molecule has 0 bridgehead atoms. The van der Waals surface area contributed by atoms with E-state index >= 15 is 0 Å². The number of benzene rings is 1. The monoisotopic (exact) mass is 265 g/mol. The topological polar surface area (TPSA) is 86.5 Å². The van der Waals surface area contributed by atoms with E-state index in [4.69, 9.17) is 4.74 Å². The number of ketones is 1. The normalized spacial score (nSPS) is 13.4. The molecule has 0 aliphatic heterocycles. The van der Waals surface area contributed by atoms with Gasteiger partial charge in [0.1, 0.15) is 0 Å². The highest BCUT2D eigenvalue weighted by molar-refractivity contribution is 6.12. The fourth-order valence-electron chi connectivity index (χ4n) is 1.69. The summed E-state index contributed by atoms with van der Waals surface area (Å²) in [5.41, 5.74) is -1.55. The number of hydrogen-bond donors (Lipinski definition) is 0. The van der Waals surface area contributed by atoms with E-state index in [2.05, 4.69) is 0 Å². The Morgan fingerprint density at radius 2 is 1.89 bits per heavy atom. The molecular formula is C13H15NO5. The molecule has 0 aliphatic carbocycles. The first-order valence-corrected chi connectivity index (χ1v) is 5.80. The SMILES string of the molecule is CCOC(=O)C(C)(C[N+](=O)[O-])C(=O)c1ccccc1. The number of carbonyl (C=O) groups excluding carboxylic acids is 2. The highest BCUT2D eigenvalue weighted by atomic mass is 16.6. The van der Waals surface area contributed by atoms with Crippen molar-refractivity contribution < 1.29 is 19.2 Å². The predicted octanol–water partition coefficient (Wildman–Crippen LogP) is 1.72. The highest BCUT2D eigenvalue weighted by Crippen LogP contribution is 2.25. The van der Waals surface area contributed by atoms with Gasteiger partial charge in [0, 0.05) is 10.5 Å². The van der Waals surface area contributed by atoms with Crippen LogP contribution in [0.4, 0.5) is 0 Å². The van der Waals surface area contributed by atoms with Crippen molar-refractivity contribution in [3.8, 4) is 0 Å². The molecular weight excluding hydrogens is 250 g/mol. The smallest absolute Gasteiger partial charge is 0.326 e. The number of esters is 1. The molecule has 1 atom stereocenters. The summed E-state index contributed by atoms with van der Waals surface area (Å²) in [4.78, 5) is 34.2. The second-order valence-electron chi connectivity index (χ2n) is 4.24. The average Bonchev–Trinajstić information content (AvgIpc) is 2.38. The van der Waals surface area contributed by atoms with Gasteiger partial charge in [-0.1, -0.05) is 30.3 Å². The maximum Gasteiger partial charge on any atom is 0.326 e. The molecule has 6 heteroatoms. The summed E-state index contributed by atoms with van der Waals surface area (Å²) in [6, 6.07) is 8.00. The second kappa shape index (κ2) is 6.08. The Hall–Kier alpha value is -2.24. The number of carbonyl (C=O) groups is 2. The molecule has 0 fully saturated rings. The molecule has 0 heterocycles. The number of nitro groups is 1. The third-order valence-electron chi connectivity index (χ3n) is 2.71. The lowest BCUT2D eigenvalue weighted by molar-refractivity contribution is -0.490. The van der Waals surface area contributed by atoms with Gasteiger partial charge in [0.15, 0.2) is 11.2 Å². The summed E-state index contributed by atoms with van der Waals surface area (Å²) >= 11 is 0. The van der Waals surface area contributed by atoms with Crippen LogP contribution >= 0.6 is 0 Å². The lowest BCUT2D eigenvalue weighted by atomic mass is 9.82. The molecule has 0 radical (unpaired) electrons. The molecule has 0 saturated heterocycles. The molecule has 1 rings (SSSR count). The largest absolute Gasteiger partial charge is 0.465 e. The van der Waals surface area contributed by atoms with E-state index in [-0.39, 0.29) is 12.2 Å². The van der Waals surface area contributed by atoms with Gasteiger partial charge in [0.05, 0.1) is 6.61 Å². The number of nitrogens with zero attached hydrogens (tertiary/aromatic N) is 1. The summed E-state index contributed by atoms with van der Waals surface area (Å²) in [6.07, 6.45) is 0. The average molecular weight is 265 g/mol. The van der Waals surface area contributed by atoms with Crippen LogP contribution in [0.25, 0.3) is 0 Å². The standard InChI is InChI=1S/C13H15NO5/c1-3-19-12(16)13(2,9-14(17)18)11(15)10-7-5-4-6-8-10/h4-8H,3,9H2,1-2H3. The Morgan fingerprint density at radius 1 is 1.32 bits per heavy atom. The molecule has 6 nitrogen and oxygen atoms in total. The Labute approximate surface area is 110 Å². The van der Waals surface area contributed by atoms with Crippen LogP contribution in [0.15, 0.2) is 30.3 Å². The van der Waals surface area contributed by atoms with Gasteiger partial charge in [-0.25, -0.2) is 0 Å². The highest BCUT2D eigenvalue weighted by Gasteiger charge is 2.47. The number of Topliss-reactive ketones (excluding diaryl/α,β-unsaturated/α-hetero) is 1. The van der Waals surface area contributed by atoms with E-state index < -0.39 is 28.6 Å². The minimum atomic E-state index is -1.80. The van der Waals surface area contributed by atoms with Gasteiger partial charge in [0.25, 0.3) is 0 Å². The minimum Gasteiger partial charge on any atom is -0.465 e. The predicted molar refractivity (Wildman–Crippen MR) is 67.4 cm³/mol. The Kier molecular flexibility index (Phi) is 4.74. The van der Waals surface area contributed by atoms with Crippen LogP contribution in [0.1, 0.15) is 24.2 Å². The molecule has 19 heavy (non-hydrogen) atoms. The van der Waals surface area contributed by atoms with Gasteiger partial charge < -0.3 is 4.74 Å². The fourth-order valence-corrected chi connectivity index (χ4v) is 1.69. The van der Waals surface area contributed by atoms with Crippen LogP contribution in [0, 0.1) is 15.5 Å². The van der Waals surface area contributed by atoms with Crippen molar-refractivity contribution in [1.82, 2.24) is 0 Å². The van der Waals surface area contributed by atoms with Crippen molar-refractivity contribution in [2.24, 2.45) is 5.41 Å². The summed E-state index contributed by atoms with van der Waals surface area (Å²) in [6.45, 7) is 2.09. The maximum atomic E-state index is 12.3. The first kappa shape index (κ1) is 14.8. The van der Waals surface area contributed by atoms with E-state index in [1.54, 1.807) is 25.1 Å². The maximum absolute atomic E-state index is 12.3. The van der Waals surface area contributed by atoms with E-state index in [1.165, 1.54) is 19.1 Å². The van der Waals surface area contributed by atoms with Crippen molar-refractivity contribution in [3.63, 3.8) is 0 Å². The second-order valence-corrected chi connectivity index (χ2v) is 4.24. The van der Waals surface area contributed by atoms with Crippen molar-refractivity contribution >= 4 is 11.8 Å². The number of hydrogen-bond acceptors (Lipinski definition) is 5. The van der Waals surface area contributed by atoms with Crippen LogP contribution in [-0.2, 0) is 9.53 Å². The molecule has 0 aliphatic rings. The Bertz CT molecular complexity index is 485. The minimum absolute atomic E-state index is 0.0637. The third-order valence-corrected chi connectivity index (χ3v) is 2.71. The summed E-state index contributed by atoms with van der Waals surface area (Å²) in [5.74, 6) is -1.48. The Morgan fingerprint density at radius 3 is 2.37 bits per heavy atom. The van der Waals surface area contributed by atoms with E-state index in [0.717, 1.165) is 0 Å². The molecule has 0 N–H and O–H groups in total. The van der Waals surface area contributed by atoms with E-state index in [1.807, 2.05) is 0 Å². The van der Waals surface area contributed by atoms with Crippen LogP contribution in [0.5, 0.6) is 0 Å². The zero-order valence-electron chi connectivity index (χ0n) is 10.8. The van der Waals surface area contributed by atoms with Gasteiger partial charge in [-0.3, -0.25) is 19.7 Å². The number of ether oxygens (including phenoxy) is 1. The van der Waals surface area contributed by atoms with Gasteiger partial charge in [-0.05, 0) is 13.8 Å². The molecule has 1 aromatic rings. The molecule has 0 saturated carbocycles. The van der Waals surface area contributed by atoms with Crippen LogP contribution in [0.3, 0.4) is 0 Å². The summed E-state index contributed by atoms with van der Waals surface area (Å²) in [5, 5.41) is 10.7. The van der Waals surface area contributed by atoms with Crippen LogP contribution < -0.4 is 0 Å². The molecule has 1 aromatic carbocycles. The van der Waals surface area contributed by atoms with Gasteiger partial charge in [-0.2, -0.15) is 0 Å². The van der Waals surface area contributed by atoms with Crippen molar-refractivity contribution in [2.75, 3.05) is 13.2 Å². The summed E-state index contributed by atoms with van der Waals surface area (Å²) < 4.78 is 4.79. The molecule has 102 valence electrons. The van der Waals surface area contributed by atoms with Gasteiger partial charge >= 0.3 is 5.97 Å². The van der Waals surface area contributed by atoms with Crippen LogP contribution in [0.2, 0.25) is 0 Å². The lowest BCUT2D eigenvalue weighted by Crippen LogP contribution is -2.43. The molecule has 0 spiro atoms. The quantitative estimate of drug-likeness (QED) is 0.257. The van der Waals surface area contributed by atoms with Gasteiger partial charge in [-0.15, -0.1) is 0 Å². The molecule has 0 aromatic heterocycles. The molecule has 1 unspecified atom stereocenters.